The maximum absolute atomic E-state index is 12.5. The summed E-state index contributed by atoms with van der Waals surface area (Å²) in [4.78, 5) is 24.5. The second-order valence-electron chi connectivity index (χ2n) is 6.38. The topological polar surface area (TPSA) is 87.2 Å². The number of benzene rings is 2. The highest BCUT2D eigenvalue weighted by Crippen LogP contribution is 2.34. The Balaban J connectivity index is 1.58. The van der Waals surface area contributed by atoms with Crippen LogP contribution in [0.15, 0.2) is 52.9 Å². The van der Waals surface area contributed by atoms with Gasteiger partial charge in [0.25, 0.3) is 5.91 Å². The fourth-order valence-corrected chi connectivity index (χ4v) is 3.98. The van der Waals surface area contributed by atoms with Gasteiger partial charge in [-0.15, -0.1) is 22.8 Å². The number of aromatic nitrogens is 2. The lowest BCUT2D eigenvalue weighted by Crippen LogP contribution is -2.35. The molecule has 0 radical (unpaired) electrons. The van der Waals surface area contributed by atoms with Crippen LogP contribution in [0.2, 0.25) is 0 Å². The lowest BCUT2D eigenvalue weighted by Gasteiger charge is -2.27. The molecule has 0 spiro atoms. The molecule has 2 aromatic carbocycles. The highest BCUT2D eigenvalue weighted by atomic mass is 32.2. The van der Waals surface area contributed by atoms with Gasteiger partial charge in [0.2, 0.25) is 11.0 Å². The number of aryl methyl sites for hydroxylation is 1. The van der Waals surface area contributed by atoms with Crippen molar-refractivity contribution in [1.82, 2.24) is 15.6 Å². The molecule has 1 atom stereocenters. The Kier molecular flexibility index (Phi) is 5.01. The van der Waals surface area contributed by atoms with Gasteiger partial charge in [-0.3, -0.25) is 25.3 Å². The first-order valence-electron chi connectivity index (χ1n) is 8.59. The first kappa shape index (κ1) is 18.5. The summed E-state index contributed by atoms with van der Waals surface area (Å²) in [7, 11) is 0. The fourth-order valence-electron chi connectivity index (χ4n) is 3.20. The van der Waals surface area contributed by atoms with Crippen molar-refractivity contribution in [3.05, 3.63) is 65.2 Å². The SMILES string of the molecule is Cc1cc(C(=O)Nc2nnc(S)s2)ccc1N1NC(=O)CC1c1ccccc1. The molecule has 0 saturated carbocycles. The molecule has 9 heteroatoms. The Hall–Kier alpha value is -2.91. The van der Waals surface area contributed by atoms with Gasteiger partial charge in [0.1, 0.15) is 0 Å². The molecule has 4 rings (SSSR count). The van der Waals surface area contributed by atoms with Crippen LogP contribution >= 0.6 is 24.0 Å². The molecule has 1 aromatic heterocycles. The molecule has 1 fully saturated rings. The van der Waals surface area contributed by atoms with Crippen molar-refractivity contribution < 1.29 is 9.59 Å². The number of rotatable bonds is 4. The van der Waals surface area contributed by atoms with E-state index in [9.17, 15) is 9.59 Å². The Morgan fingerprint density at radius 2 is 2.04 bits per heavy atom. The van der Waals surface area contributed by atoms with E-state index in [2.05, 4.69) is 33.6 Å². The summed E-state index contributed by atoms with van der Waals surface area (Å²) in [6.07, 6.45) is 0.384. The van der Waals surface area contributed by atoms with Gasteiger partial charge < -0.3 is 0 Å². The molecule has 0 aliphatic carbocycles. The largest absolute Gasteiger partial charge is 0.296 e. The van der Waals surface area contributed by atoms with Crippen LogP contribution in [-0.4, -0.2) is 22.0 Å². The predicted molar refractivity (Wildman–Crippen MR) is 111 cm³/mol. The van der Waals surface area contributed by atoms with Crippen LogP contribution in [-0.2, 0) is 4.79 Å². The van der Waals surface area contributed by atoms with Crippen molar-refractivity contribution in [3.8, 4) is 0 Å². The maximum Gasteiger partial charge on any atom is 0.257 e. The number of carbonyl (C=O) groups is 2. The van der Waals surface area contributed by atoms with Crippen LogP contribution in [0.25, 0.3) is 0 Å². The van der Waals surface area contributed by atoms with E-state index in [-0.39, 0.29) is 17.9 Å². The quantitative estimate of drug-likeness (QED) is 0.453. The Morgan fingerprint density at radius 1 is 1.25 bits per heavy atom. The molecule has 2 amide bonds. The average Bonchev–Trinajstić information content (AvgIpc) is 3.27. The van der Waals surface area contributed by atoms with Crippen LogP contribution in [0.3, 0.4) is 0 Å². The van der Waals surface area contributed by atoms with Gasteiger partial charge in [0.15, 0.2) is 4.34 Å². The van der Waals surface area contributed by atoms with Crippen LogP contribution in [0.4, 0.5) is 10.8 Å². The van der Waals surface area contributed by atoms with Crippen LogP contribution in [0.5, 0.6) is 0 Å². The van der Waals surface area contributed by atoms with Crippen molar-refractivity contribution in [1.29, 1.82) is 0 Å². The van der Waals surface area contributed by atoms with Crippen LogP contribution in [0, 0.1) is 6.92 Å². The summed E-state index contributed by atoms with van der Waals surface area (Å²) in [5, 5.41) is 12.6. The lowest BCUT2D eigenvalue weighted by molar-refractivity contribution is -0.119. The number of nitrogens with zero attached hydrogens (tertiary/aromatic N) is 3. The minimum atomic E-state index is -0.274. The summed E-state index contributed by atoms with van der Waals surface area (Å²) < 4.78 is 0.485. The van der Waals surface area contributed by atoms with Gasteiger partial charge in [-0.2, -0.15) is 0 Å². The molecule has 1 aliphatic rings. The van der Waals surface area contributed by atoms with Gasteiger partial charge in [0.05, 0.1) is 18.2 Å². The monoisotopic (exact) mass is 411 g/mol. The molecule has 2 heterocycles. The molecule has 142 valence electrons. The second-order valence-corrected chi connectivity index (χ2v) is 8.08. The number of thiol groups is 1. The molecule has 3 aromatic rings. The smallest absolute Gasteiger partial charge is 0.257 e. The molecule has 28 heavy (non-hydrogen) atoms. The highest BCUT2D eigenvalue weighted by Gasteiger charge is 2.32. The van der Waals surface area contributed by atoms with Gasteiger partial charge >= 0.3 is 0 Å². The molecule has 1 unspecified atom stereocenters. The van der Waals surface area contributed by atoms with Crippen molar-refractivity contribution in [2.24, 2.45) is 0 Å². The molecule has 1 saturated heterocycles. The normalized spacial score (nSPS) is 16.1. The summed E-state index contributed by atoms with van der Waals surface area (Å²) >= 11 is 5.28. The van der Waals surface area contributed by atoms with E-state index in [0.717, 1.165) is 16.8 Å². The lowest BCUT2D eigenvalue weighted by atomic mass is 10.0. The summed E-state index contributed by atoms with van der Waals surface area (Å²) in [6, 6.07) is 15.1. The first-order chi connectivity index (χ1) is 13.5. The zero-order chi connectivity index (χ0) is 19.7. The van der Waals surface area contributed by atoms with E-state index in [1.54, 1.807) is 12.1 Å². The fraction of sp³-hybridized carbons (Fsp3) is 0.158. The minimum Gasteiger partial charge on any atom is -0.296 e. The highest BCUT2D eigenvalue weighted by molar-refractivity contribution is 7.82. The zero-order valence-corrected chi connectivity index (χ0v) is 16.6. The van der Waals surface area contributed by atoms with E-state index >= 15 is 0 Å². The summed E-state index contributed by atoms with van der Waals surface area (Å²) in [5.74, 6) is -0.307. The number of nitrogens with one attached hydrogen (secondary N) is 2. The third-order valence-corrected chi connectivity index (χ3v) is 5.48. The van der Waals surface area contributed by atoms with E-state index in [1.807, 2.05) is 48.3 Å². The Morgan fingerprint density at radius 3 is 2.71 bits per heavy atom. The maximum atomic E-state index is 12.5. The van der Waals surface area contributed by atoms with Crippen molar-refractivity contribution in [2.75, 3.05) is 10.3 Å². The first-order valence-corrected chi connectivity index (χ1v) is 9.86. The second kappa shape index (κ2) is 7.61. The number of hydrogen-bond donors (Lipinski definition) is 3. The molecule has 2 N–H and O–H groups in total. The van der Waals surface area contributed by atoms with Crippen LogP contribution < -0.4 is 15.8 Å². The Bertz CT molecular complexity index is 1040. The molecular weight excluding hydrogens is 394 g/mol. The van der Waals surface area contributed by atoms with Crippen molar-refractivity contribution >= 4 is 46.6 Å². The predicted octanol–water partition coefficient (Wildman–Crippen LogP) is 3.37. The summed E-state index contributed by atoms with van der Waals surface area (Å²) in [5.41, 5.74) is 6.20. The standard InChI is InChI=1S/C19H17N5O2S2/c1-11-9-13(17(26)20-18-21-22-19(27)28-18)7-8-14(11)24-15(10-16(25)23-24)12-5-3-2-4-6-12/h2-9,15H,10H2,1H3,(H,22,27)(H,23,25)(H,20,21,26). The van der Waals surface area contributed by atoms with Gasteiger partial charge in [-0.05, 0) is 36.2 Å². The van der Waals surface area contributed by atoms with E-state index in [0.29, 0.717) is 21.5 Å². The number of carbonyl (C=O) groups excluding carboxylic acids is 2. The third-order valence-electron chi connectivity index (χ3n) is 4.47. The number of hydrazine groups is 1. The van der Waals surface area contributed by atoms with Gasteiger partial charge in [-0.25, -0.2) is 0 Å². The third kappa shape index (κ3) is 3.71. The minimum absolute atomic E-state index is 0.0334. The van der Waals surface area contributed by atoms with Gasteiger partial charge in [-0.1, -0.05) is 41.7 Å². The average molecular weight is 412 g/mol. The molecule has 1 aliphatic heterocycles. The van der Waals surface area contributed by atoms with Crippen LogP contribution in [0.1, 0.15) is 33.9 Å². The Labute approximate surface area is 171 Å². The van der Waals surface area contributed by atoms with Crippen molar-refractivity contribution in [2.45, 2.75) is 23.7 Å². The zero-order valence-electron chi connectivity index (χ0n) is 14.9. The van der Waals surface area contributed by atoms with Gasteiger partial charge in [0, 0.05) is 5.56 Å². The van der Waals surface area contributed by atoms with E-state index in [1.165, 1.54) is 11.3 Å². The van der Waals surface area contributed by atoms with E-state index < -0.39 is 0 Å². The summed E-state index contributed by atoms with van der Waals surface area (Å²) in [6.45, 7) is 1.91. The van der Waals surface area contributed by atoms with Crippen molar-refractivity contribution in [3.63, 3.8) is 0 Å². The number of hydrogen-bond acceptors (Lipinski definition) is 7. The molecule has 0 bridgehead atoms. The number of amides is 2. The number of anilines is 2. The molecular formula is C19H17N5O2S2. The van der Waals surface area contributed by atoms with E-state index in [4.69, 9.17) is 0 Å². The molecule has 7 nitrogen and oxygen atoms in total.